The van der Waals surface area contributed by atoms with E-state index in [1.165, 1.54) is 24.8 Å². The Morgan fingerprint density at radius 2 is 1.56 bits per heavy atom. The molecule has 2 aromatic carbocycles. The van der Waals surface area contributed by atoms with Crippen LogP contribution in [0.2, 0.25) is 0 Å². The van der Waals surface area contributed by atoms with Crippen molar-refractivity contribution in [3.8, 4) is 5.69 Å². The molecule has 0 spiro atoms. The minimum absolute atomic E-state index is 0.333. The summed E-state index contributed by atoms with van der Waals surface area (Å²) in [7, 11) is 0. The predicted molar refractivity (Wildman–Crippen MR) is 125 cm³/mol. The largest absolute Gasteiger partial charge is 0.345 e. The zero-order valence-corrected chi connectivity index (χ0v) is 18.8. The first-order valence-electron chi connectivity index (χ1n) is 11.3. The molecule has 2 heterocycles. The Bertz CT molecular complexity index is 1100. The van der Waals surface area contributed by atoms with Gasteiger partial charge in [-0.05, 0) is 63.0 Å². The number of aryl methyl sites for hydroxylation is 1. The van der Waals surface area contributed by atoms with Gasteiger partial charge in [0, 0.05) is 13.1 Å². The highest BCUT2D eigenvalue weighted by Gasteiger charge is 2.25. The number of rotatable bonds is 7. The molecule has 0 bridgehead atoms. The summed E-state index contributed by atoms with van der Waals surface area (Å²) in [6.45, 7) is 7.02. The van der Waals surface area contributed by atoms with Crippen molar-refractivity contribution in [2.45, 2.75) is 46.2 Å². The van der Waals surface area contributed by atoms with E-state index < -0.39 is 11.7 Å². The summed E-state index contributed by atoms with van der Waals surface area (Å²) < 4.78 is 1.71. The van der Waals surface area contributed by atoms with E-state index in [4.69, 9.17) is 0 Å². The third-order valence-electron chi connectivity index (χ3n) is 6.13. The van der Waals surface area contributed by atoms with Gasteiger partial charge in [0.25, 0.3) is 11.7 Å². The van der Waals surface area contributed by atoms with E-state index in [0.717, 1.165) is 30.9 Å². The lowest BCUT2D eigenvalue weighted by Crippen LogP contribution is -2.32. The highest BCUT2D eigenvalue weighted by Crippen LogP contribution is 2.19. The number of carbonyl (C=O) groups is 2. The Morgan fingerprint density at radius 3 is 2.28 bits per heavy atom. The van der Waals surface area contributed by atoms with Gasteiger partial charge < -0.3 is 5.32 Å². The Morgan fingerprint density at radius 1 is 0.906 bits per heavy atom. The molecule has 4 rings (SSSR count). The predicted octanol–water partition coefficient (Wildman–Crippen LogP) is 3.97. The Labute approximate surface area is 189 Å². The monoisotopic (exact) mass is 430 g/mol. The SMILES string of the molecule is Cc1nn(-c2ccccc2)c(C)c1C(=O)C(=O)NCc1ccccc1CN1CCCCC1. The number of amides is 1. The van der Waals surface area contributed by atoms with Crippen molar-refractivity contribution in [2.24, 2.45) is 0 Å². The molecule has 1 N–H and O–H groups in total. The molecule has 1 saturated heterocycles. The molecule has 0 atom stereocenters. The maximum atomic E-state index is 13.0. The van der Waals surface area contributed by atoms with Crippen LogP contribution in [0.15, 0.2) is 54.6 Å². The summed E-state index contributed by atoms with van der Waals surface area (Å²) in [5, 5.41) is 7.33. The number of hydrogen-bond donors (Lipinski definition) is 1. The molecule has 1 fully saturated rings. The van der Waals surface area contributed by atoms with Gasteiger partial charge in [-0.2, -0.15) is 5.10 Å². The normalized spacial score (nSPS) is 14.3. The third kappa shape index (κ3) is 4.81. The molecule has 1 aliphatic heterocycles. The summed E-state index contributed by atoms with van der Waals surface area (Å²) in [5.41, 5.74) is 4.70. The Kier molecular flexibility index (Phi) is 6.81. The van der Waals surface area contributed by atoms with Crippen LogP contribution in [0.1, 0.15) is 52.1 Å². The number of ketones is 1. The topological polar surface area (TPSA) is 67.2 Å². The minimum atomic E-state index is -0.600. The van der Waals surface area contributed by atoms with Gasteiger partial charge in [0.1, 0.15) is 0 Å². The van der Waals surface area contributed by atoms with Crippen molar-refractivity contribution in [3.05, 3.63) is 82.7 Å². The van der Waals surface area contributed by atoms with Crippen LogP contribution in [-0.2, 0) is 17.9 Å². The van der Waals surface area contributed by atoms with Crippen molar-refractivity contribution >= 4 is 11.7 Å². The van der Waals surface area contributed by atoms with Gasteiger partial charge in [-0.1, -0.05) is 48.9 Å². The van der Waals surface area contributed by atoms with Crippen molar-refractivity contribution in [1.82, 2.24) is 20.0 Å². The van der Waals surface area contributed by atoms with Crippen LogP contribution in [0.25, 0.3) is 5.69 Å². The van der Waals surface area contributed by atoms with Gasteiger partial charge in [-0.3, -0.25) is 14.5 Å². The molecule has 0 aliphatic carbocycles. The molecule has 32 heavy (non-hydrogen) atoms. The van der Waals surface area contributed by atoms with Gasteiger partial charge in [0.05, 0.1) is 22.6 Å². The highest BCUT2D eigenvalue weighted by molar-refractivity contribution is 6.43. The van der Waals surface area contributed by atoms with Crippen LogP contribution in [0, 0.1) is 13.8 Å². The lowest BCUT2D eigenvalue weighted by Gasteiger charge is -2.27. The van der Waals surface area contributed by atoms with Gasteiger partial charge >= 0.3 is 0 Å². The summed E-state index contributed by atoms with van der Waals surface area (Å²) in [5.74, 6) is -1.15. The van der Waals surface area contributed by atoms with E-state index in [9.17, 15) is 9.59 Å². The van der Waals surface area contributed by atoms with Gasteiger partial charge in [0.15, 0.2) is 0 Å². The second-order valence-corrected chi connectivity index (χ2v) is 8.41. The highest BCUT2D eigenvalue weighted by atomic mass is 16.2. The van der Waals surface area contributed by atoms with E-state index >= 15 is 0 Å². The summed E-state index contributed by atoms with van der Waals surface area (Å²) in [6.07, 6.45) is 3.78. The number of carbonyl (C=O) groups excluding carboxylic acids is 2. The van der Waals surface area contributed by atoms with Crippen LogP contribution in [0.5, 0.6) is 0 Å². The third-order valence-corrected chi connectivity index (χ3v) is 6.13. The molecule has 0 radical (unpaired) electrons. The number of nitrogens with zero attached hydrogens (tertiary/aromatic N) is 3. The van der Waals surface area contributed by atoms with Gasteiger partial charge in [-0.25, -0.2) is 4.68 Å². The van der Waals surface area contributed by atoms with Crippen LogP contribution < -0.4 is 5.32 Å². The molecule has 6 heteroatoms. The van der Waals surface area contributed by atoms with Crippen LogP contribution in [0.4, 0.5) is 0 Å². The Balaban J connectivity index is 1.45. The molecule has 166 valence electrons. The molecule has 6 nitrogen and oxygen atoms in total. The molecule has 3 aromatic rings. The first kappa shape index (κ1) is 22.0. The number of para-hydroxylation sites is 1. The van der Waals surface area contributed by atoms with E-state index in [0.29, 0.717) is 23.5 Å². The molecule has 1 aliphatic rings. The van der Waals surface area contributed by atoms with Crippen LogP contribution in [0.3, 0.4) is 0 Å². The summed E-state index contributed by atoms with van der Waals surface area (Å²) in [6, 6.07) is 17.7. The van der Waals surface area contributed by atoms with Crippen molar-refractivity contribution in [3.63, 3.8) is 0 Å². The lowest BCUT2D eigenvalue weighted by atomic mass is 10.0. The fraction of sp³-hybridized carbons (Fsp3) is 0.346. The number of hydrogen-bond acceptors (Lipinski definition) is 4. The quantitative estimate of drug-likeness (QED) is 0.455. The zero-order valence-electron chi connectivity index (χ0n) is 18.8. The van der Waals surface area contributed by atoms with E-state index in [1.807, 2.05) is 55.5 Å². The minimum Gasteiger partial charge on any atom is -0.345 e. The molecule has 1 aromatic heterocycles. The zero-order chi connectivity index (χ0) is 22.5. The number of nitrogens with one attached hydrogen (secondary N) is 1. The maximum absolute atomic E-state index is 13.0. The molecule has 1 amide bonds. The van der Waals surface area contributed by atoms with Gasteiger partial charge in [0.2, 0.25) is 0 Å². The smallest absolute Gasteiger partial charge is 0.292 e. The number of likely N-dealkylation sites (tertiary alicyclic amines) is 1. The number of Topliss-reactive ketones (excluding diaryl/α,β-unsaturated/α-hetero) is 1. The maximum Gasteiger partial charge on any atom is 0.292 e. The van der Waals surface area contributed by atoms with E-state index in [1.54, 1.807) is 11.6 Å². The molecule has 0 unspecified atom stereocenters. The van der Waals surface area contributed by atoms with Crippen molar-refractivity contribution < 1.29 is 9.59 Å². The average Bonchev–Trinajstić information content (AvgIpc) is 3.12. The van der Waals surface area contributed by atoms with E-state index in [2.05, 4.69) is 21.4 Å². The van der Waals surface area contributed by atoms with Crippen molar-refractivity contribution in [2.75, 3.05) is 13.1 Å². The standard InChI is InChI=1S/C26H30N4O2/c1-19-24(20(2)30(28-19)23-13-5-3-6-14-23)25(31)26(32)27-17-21-11-7-8-12-22(21)18-29-15-9-4-10-16-29/h3,5-8,11-14H,4,9-10,15-18H2,1-2H3,(H,27,32). The lowest BCUT2D eigenvalue weighted by molar-refractivity contribution is -0.117. The van der Waals surface area contributed by atoms with Crippen molar-refractivity contribution in [1.29, 1.82) is 0 Å². The first-order valence-corrected chi connectivity index (χ1v) is 11.3. The fourth-order valence-electron chi connectivity index (χ4n) is 4.40. The number of piperidine rings is 1. The fourth-order valence-corrected chi connectivity index (χ4v) is 4.40. The van der Waals surface area contributed by atoms with E-state index in [-0.39, 0.29) is 0 Å². The summed E-state index contributed by atoms with van der Waals surface area (Å²) >= 11 is 0. The number of aromatic nitrogens is 2. The first-order chi connectivity index (χ1) is 15.5. The van der Waals surface area contributed by atoms with Crippen LogP contribution >= 0.6 is 0 Å². The van der Waals surface area contributed by atoms with Gasteiger partial charge in [-0.15, -0.1) is 0 Å². The van der Waals surface area contributed by atoms with Crippen LogP contribution in [-0.4, -0.2) is 39.5 Å². The average molecular weight is 431 g/mol. The molecule has 0 saturated carbocycles. The molecular weight excluding hydrogens is 400 g/mol. The molecular formula is C26H30N4O2. The number of benzene rings is 2. The second kappa shape index (κ2) is 9.92. The summed E-state index contributed by atoms with van der Waals surface area (Å²) in [4.78, 5) is 28.2. The second-order valence-electron chi connectivity index (χ2n) is 8.41. The Hall–Kier alpha value is -3.25.